The summed E-state index contributed by atoms with van der Waals surface area (Å²) in [6.45, 7) is 0.980. The standard InChI is InChI=1S/C20H23NO5.ClH/c22-13-4-3-12-9-15-20(24)6-5-14(23)18-19(20,16(12)17(13)26-18)7-8-21(15,25)10-11-1-2-11;/h3-4,11,15,18,22,24H,1-2,5-10H2;1H/t15-,18+,19?,20-,21?;/m1./s1. The Balaban J connectivity index is 0.00000160. The Hall–Kier alpha value is -1.34. The van der Waals surface area contributed by atoms with E-state index >= 15 is 0 Å². The number of phenols is 1. The number of carbonyl (C=O) groups is 1. The third kappa shape index (κ3) is 1.90. The summed E-state index contributed by atoms with van der Waals surface area (Å²) < 4.78 is 5.63. The van der Waals surface area contributed by atoms with Gasteiger partial charge in [0.1, 0.15) is 11.6 Å². The second-order valence-electron chi connectivity index (χ2n) is 9.08. The smallest absolute Gasteiger partial charge is 0.174 e. The molecule has 0 aromatic heterocycles. The van der Waals surface area contributed by atoms with E-state index in [1.807, 2.05) is 6.07 Å². The minimum atomic E-state index is -1.24. The number of rotatable bonds is 2. The van der Waals surface area contributed by atoms with E-state index in [0.29, 0.717) is 44.0 Å². The maximum absolute atomic E-state index is 13.9. The Morgan fingerprint density at radius 3 is 2.81 bits per heavy atom. The summed E-state index contributed by atoms with van der Waals surface area (Å²) in [6.07, 6.45) is 2.91. The molecule has 1 saturated heterocycles. The molecule has 2 bridgehead atoms. The van der Waals surface area contributed by atoms with Crippen LogP contribution in [0.2, 0.25) is 0 Å². The van der Waals surface area contributed by atoms with E-state index in [1.165, 1.54) is 0 Å². The van der Waals surface area contributed by atoms with Crippen molar-refractivity contribution in [1.82, 2.24) is 0 Å². The molecule has 3 fully saturated rings. The van der Waals surface area contributed by atoms with Gasteiger partial charge in [0, 0.05) is 30.7 Å². The van der Waals surface area contributed by atoms with E-state index in [-0.39, 0.29) is 35.0 Å². The second-order valence-corrected chi connectivity index (χ2v) is 9.08. The summed E-state index contributed by atoms with van der Waals surface area (Å²) in [5.74, 6) is 0.827. The van der Waals surface area contributed by atoms with Gasteiger partial charge in [0.2, 0.25) is 0 Å². The molecule has 5 atom stereocenters. The first kappa shape index (κ1) is 17.7. The van der Waals surface area contributed by atoms with E-state index in [1.54, 1.807) is 6.07 Å². The van der Waals surface area contributed by atoms with Gasteiger partial charge in [-0.1, -0.05) is 6.07 Å². The molecule has 6 nitrogen and oxygen atoms in total. The van der Waals surface area contributed by atoms with Crippen LogP contribution in [0.3, 0.4) is 0 Å². The van der Waals surface area contributed by atoms with Crippen molar-refractivity contribution < 1.29 is 24.4 Å². The van der Waals surface area contributed by atoms with Crippen LogP contribution in [0.5, 0.6) is 11.5 Å². The first-order valence-corrected chi connectivity index (χ1v) is 9.74. The van der Waals surface area contributed by atoms with E-state index in [9.17, 15) is 20.2 Å². The highest BCUT2D eigenvalue weighted by Crippen LogP contribution is 2.66. The van der Waals surface area contributed by atoms with Crippen LogP contribution in [0, 0.1) is 11.1 Å². The van der Waals surface area contributed by atoms with E-state index in [4.69, 9.17) is 4.74 Å². The minimum absolute atomic E-state index is 0. The van der Waals surface area contributed by atoms with E-state index < -0.39 is 23.2 Å². The van der Waals surface area contributed by atoms with Crippen LogP contribution >= 0.6 is 12.4 Å². The Morgan fingerprint density at radius 2 is 2.07 bits per heavy atom. The molecule has 2 aliphatic heterocycles. The third-order valence-electron chi connectivity index (χ3n) is 7.85. The van der Waals surface area contributed by atoms with Crippen LogP contribution in [0.1, 0.15) is 43.2 Å². The van der Waals surface area contributed by atoms with Gasteiger partial charge >= 0.3 is 0 Å². The van der Waals surface area contributed by atoms with Crippen LogP contribution < -0.4 is 4.74 Å². The molecule has 1 aromatic carbocycles. The monoisotopic (exact) mass is 393 g/mol. The number of ketones is 1. The summed E-state index contributed by atoms with van der Waals surface area (Å²) in [5.41, 5.74) is -0.359. The number of aromatic hydroxyl groups is 1. The summed E-state index contributed by atoms with van der Waals surface area (Å²) in [7, 11) is 0. The zero-order valence-corrected chi connectivity index (χ0v) is 15.8. The lowest BCUT2D eigenvalue weighted by atomic mass is 9.49. The zero-order chi connectivity index (χ0) is 17.9. The molecular formula is C20H24ClNO5. The lowest BCUT2D eigenvalue weighted by Crippen LogP contribution is -2.80. The fraction of sp³-hybridized carbons (Fsp3) is 0.650. The summed E-state index contributed by atoms with van der Waals surface area (Å²) in [6, 6.07) is 2.98. The summed E-state index contributed by atoms with van der Waals surface area (Å²) in [4.78, 5) is 12.7. The number of benzene rings is 1. The molecule has 0 radical (unpaired) electrons. The molecule has 2 N–H and O–H groups in total. The number of likely N-dealkylation sites (tertiary alicyclic amines) is 1. The number of Topliss-reactive ketones (excluding diaryl/α,β-unsaturated/α-hetero) is 1. The van der Waals surface area contributed by atoms with Crippen LogP contribution in [0.25, 0.3) is 0 Å². The van der Waals surface area contributed by atoms with Gasteiger partial charge in [-0.3, -0.25) is 4.79 Å². The second kappa shape index (κ2) is 5.17. The number of phenolic OH excluding ortho intramolecular Hbond substituents is 1. The fourth-order valence-corrected chi connectivity index (χ4v) is 6.54. The zero-order valence-electron chi connectivity index (χ0n) is 15.0. The third-order valence-corrected chi connectivity index (χ3v) is 7.85. The molecular weight excluding hydrogens is 370 g/mol. The van der Waals surface area contributed by atoms with Crippen molar-refractivity contribution in [3.63, 3.8) is 0 Å². The van der Waals surface area contributed by atoms with E-state index in [2.05, 4.69) is 0 Å². The summed E-state index contributed by atoms with van der Waals surface area (Å²) in [5, 5.41) is 36.1. The topological polar surface area (TPSA) is 89.8 Å². The SMILES string of the molecule is Cl.O=C1CC[C@@]2(O)[C@H]3Cc4ccc(O)c5c4C2(CC[N+]3([O-])CC2CC2)[C@H]1O5. The first-order valence-electron chi connectivity index (χ1n) is 9.74. The van der Waals surface area contributed by atoms with Crippen LogP contribution in [-0.2, 0) is 16.6 Å². The van der Waals surface area contributed by atoms with Crippen molar-refractivity contribution in [3.05, 3.63) is 28.5 Å². The average Bonchev–Trinajstić information content (AvgIpc) is 3.32. The Labute approximate surface area is 163 Å². The predicted octanol–water partition coefficient (Wildman–Crippen LogP) is 1.96. The number of hydrogen-bond acceptors (Lipinski definition) is 5. The number of aliphatic hydroxyl groups is 1. The molecule has 7 heteroatoms. The fourth-order valence-electron chi connectivity index (χ4n) is 6.54. The van der Waals surface area contributed by atoms with Gasteiger partial charge in [-0.15, -0.1) is 12.4 Å². The number of carbonyl (C=O) groups excluding carboxylic acids is 1. The minimum Gasteiger partial charge on any atom is -0.632 e. The van der Waals surface area contributed by atoms with Gasteiger partial charge in [-0.05, 0) is 30.9 Å². The number of quaternary nitrogens is 1. The van der Waals surface area contributed by atoms with Gasteiger partial charge in [-0.2, -0.15) is 0 Å². The van der Waals surface area contributed by atoms with Crippen LogP contribution in [-0.4, -0.2) is 51.5 Å². The molecule has 2 unspecified atom stereocenters. The number of halogens is 1. The van der Waals surface area contributed by atoms with Crippen molar-refractivity contribution in [2.75, 3.05) is 13.1 Å². The lowest BCUT2D eigenvalue weighted by Gasteiger charge is -2.67. The largest absolute Gasteiger partial charge is 0.632 e. The van der Waals surface area contributed by atoms with Crippen LogP contribution in [0.4, 0.5) is 0 Å². The number of hydroxylamine groups is 3. The Morgan fingerprint density at radius 1 is 1.30 bits per heavy atom. The highest BCUT2D eigenvalue weighted by atomic mass is 35.5. The molecule has 0 amide bonds. The molecule has 2 heterocycles. The highest BCUT2D eigenvalue weighted by Gasteiger charge is 2.76. The van der Waals surface area contributed by atoms with Crippen molar-refractivity contribution in [2.45, 2.75) is 61.7 Å². The number of hydrogen-bond donors (Lipinski definition) is 2. The number of nitrogens with zero attached hydrogens (tertiary/aromatic N) is 1. The highest BCUT2D eigenvalue weighted by molar-refractivity contribution is 5.90. The van der Waals surface area contributed by atoms with Gasteiger partial charge in [0.05, 0.1) is 18.5 Å². The molecule has 2 saturated carbocycles. The maximum atomic E-state index is 13.9. The van der Waals surface area contributed by atoms with Gasteiger partial charge in [-0.25, -0.2) is 0 Å². The van der Waals surface area contributed by atoms with Gasteiger partial charge in [0.25, 0.3) is 0 Å². The lowest BCUT2D eigenvalue weighted by molar-refractivity contribution is -0.923. The van der Waals surface area contributed by atoms with E-state index in [0.717, 1.165) is 24.0 Å². The first-order chi connectivity index (χ1) is 12.4. The number of piperidine rings is 1. The van der Waals surface area contributed by atoms with Crippen molar-refractivity contribution in [3.8, 4) is 11.5 Å². The van der Waals surface area contributed by atoms with Crippen molar-refractivity contribution in [1.29, 1.82) is 0 Å². The Kier molecular flexibility index (Phi) is 3.40. The maximum Gasteiger partial charge on any atom is 0.174 e. The Bertz CT molecular complexity index is 857. The number of ether oxygens (including phenoxy) is 1. The van der Waals surface area contributed by atoms with Gasteiger partial charge in [0.15, 0.2) is 23.4 Å². The molecule has 3 aliphatic carbocycles. The quantitative estimate of drug-likeness (QED) is 0.592. The molecule has 1 aromatic rings. The molecule has 5 aliphatic rings. The van der Waals surface area contributed by atoms with Crippen LogP contribution in [0.15, 0.2) is 12.1 Å². The van der Waals surface area contributed by atoms with Gasteiger partial charge < -0.3 is 24.8 Å². The average molecular weight is 394 g/mol. The van der Waals surface area contributed by atoms with Crippen molar-refractivity contribution in [2.24, 2.45) is 5.92 Å². The molecule has 6 rings (SSSR count). The normalized spacial score (nSPS) is 43.6. The summed E-state index contributed by atoms with van der Waals surface area (Å²) >= 11 is 0. The molecule has 1 spiro atoms. The molecule has 146 valence electrons. The molecule has 27 heavy (non-hydrogen) atoms. The predicted molar refractivity (Wildman–Crippen MR) is 98.8 cm³/mol. The van der Waals surface area contributed by atoms with Crippen molar-refractivity contribution >= 4 is 18.2 Å².